The zero-order valence-electron chi connectivity index (χ0n) is 12.1. The summed E-state index contributed by atoms with van der Waals surface area (Å²) in [6, 6.07) is 13.3. The van der Waals surface area contributed by atoms with Crippen molar-refractivity contribution in [2.75, 3.05) is 5.32 Å². The van der Waals surface area contributed by atoms with Crippen molar-refractivity contribution in [3.8, 4) is 0 Å². The Morgan fingerprint density at radius 1 is 1.18 bits per heavy atom. The number of imidazole rings is 1. The number of benzene rings is 2. The first kappa shape index (κ1) is 13.9. The van der Waals surface area contributed by atoms with Crippen LogP contribution in [-0.2, 0) is 0 Å². The summed E-state index contributed by atoms with van der Waals surface area (Å²) in [5, 5.41) is 5.45. The van der Waals surface area contributed by atoms with Crippen molar-refractivity contribution in [3.63, 3.8) is 0 Å². The first-order chi connectivity index (χ1) is 10.7. The fraction of sp³-hybridized carbons (Fsp3) is 0.0588. The molecule has 2 aromatic carbocycles. The lowest BCUT2D eigenvalue weighted by Gasteiger charge is -2.04. The van der Waals surface area contributed by atoms with Gasteiger partial charge in [-0.3, -0.25) is 0 Å². The molecule has 22 heavy (non-hydrogen) atoms. The van der Waals surface area contributed by atoms with E-state index >= 15 is 0 Å². The normalized spacial score (nSPS) is 11.0. The fourth-order valence-electron chi connectivity index (χ4n) is 2.07. The van der Waals surface area contributed by atoms with Gasteiger partial charge in [-0.15, -0.1) is 0 Å². The number of carbonyl (C=O) groups is 1. The molecule has 1 aromatic heterocycles. The van der Waals surface area contributed by atoms with Crippen molar-refractivity contribution in [1.29, 1.82) is 0 Å². The average molecular weight is 292 g/mol. The van der Waals surface area contributed by atoms with Crippen molar-refractivity contribution < 1.29 is 4.79 Å². The van der Waals surface area contributed by atoms with Gasteiger partial charge in [0.05, 0.1) is 17.4 Å². The molecule has 110 valence electrons. The molecule has 3 aromatic rings. The molecule has 0 radical (unpaired) electrons. The number of amides is 2. The summed E-state index contributed by atoms with van der Waals surface area (Å²) in [6.07, 6.45) is 5.09. The van der Waals surface area contributed by atoms with Gasteiger partial charge in [0.2, 0.25) is 0 Å². The molecule has 5 heteroatoms. The molecule has 0 aliphatic heterocycles. The lowest BCUT2D eigenvalue weighted by atomic mass is 10.1. The number of aromatic amines is 1. The van der Waals surface area contributed by atoms with Gasteiger partial charge in [0.1, 0.15) is 0 Å². The Kier molecular flexibility index (Phi) is 3.87. The number of carbonyl (C=O) groups excluding carboxylic acids is 1. The second kappa shape index (κ2) is 6.13. The number of nitrogens with one attached hydrogen (secondary N) is 3. The van der Waals surface area contributed by atoms with Gasteiger partial charge < -0.3 is 15.6 Å². The van der Waals surface area contributed by atoms with Crippen molar-refractivity contribution in [2.45, 2.75) is 6.92 Å². The van der Waals surface area contributed by atoms with Crippen molar-refractivity contribution in [3.05, 3.63) is 66.1 Å². The Labute approximate surface area is 128 Å². The second-order valence-corrected chi connectivity index (χ2v) is 4.98. The summed E-state index contributed by atoms with van der Waals surface area (Å²) in [5.74, 6) is 0. The van der Waals surface area contributed by atoms with Crippen LogP contribution >= 0.6 is 0 Å². The van der Waals surface area contributed by atoms with Crippen LogP contribution in [0.2, 0.25) is 0 Å². The number of fused-ring (bicyclic) bond motifs is 1. The van der Waals surface area contributed by atoms with E-state index in [2.05, 4.69) is 20.6 Å². The van der Waals surface area contributed by atoms with Gasteiger partial charge >= 0.3 is 6.03 Å². The summed E-state index contributed by atoms with van der Waals surface area (Å²) in [6.45, 7) is 2.04. The Morgan fingerprint density at radius 3 is 2.82 bits per heavy atom. The molecule has 2 amide bonds. The van der Waals surface area contributed by atoms with E-state index in [0.29, 0.717) is 5.69 Å². The summed E-state index contributed by atoms with van der Waals surface area (Å²) >= 11 is 0. The van der Waals surface area contributed by atoms with Gasteiger partial charge in [0, 0.05) is 11.9 Å². The quantitative estimate of drug-likeness (QED) is 0.689. The molecule has 0 atom stereocenters. The minimum atomic E-state index is -0.290. The Morgan fingerprint density at radius 2 is 2.00 bits per heavy atom. The molecular weight excluding hydrogens is 276 g/mol. The Balaban J connectivity index is 1.58. The molecule has 5 nitrogen and oxygen atoms in total. The maximum atomic E-state index is 11.8. The molecule has 0 aliphatic carbocycles. The van der Waals surface area contributed by atoms with Crippen LogP contribution in [0.15, 0.2) is 55.0 Å². The van der Waals surface area contributed by atoms with Gasteiger partial charge in [0.15, 0.2) is 0 Å². The molecule has 3 N–H and O–H groups in total. The van der Waals surface area contributed by atoms with E-state index in [4.69, 9.17) is 0 Å². The third-order valence-electron chi connectivity index (χ3n) is 3.25. The van der Waals surface area contributed by atoms with Crippen molar-refractivity contribution >= 4 is 28.8 Å². The highest BCUT2D eigenvalue weighted by atomic mass is 16.2. The molecule has 0 bridgehead atoms. The van der Waals surface area contributed by atoms with E-state index in [1.165, 1.54) is 5.56 Å². The van der Waals surface area contributed by atoms with Crippen LogP contribution in [-0.4, -0.2) is 16.0 Å². The predicted octanol–water partition coefficient (Wildman–Crippen LogP) is 3.66. The second-order valence-electron chi connectivity index (χ2n) is 4.98. The van der Waals surface area contributed by atoms with Crippen LogP contribution in [0.1, 0.15) is 11.1 Å². The number of rotatable bonds is 3. The lowest BCUT2D eigenvalue weighted by Crippen LogP contribution is -2.23. The molecule has 0 fully saturated rings. The number of aryl methyl sites for hydroxylation is 1. The van der Waals surface area contributed by atoms with E-state index < -0.39 is 0 Å². The number of urea groups is 1. The summed E-state index contributed by atoms with van der Waals surface area (Å²) in [5.41, 5.74) is 4.69. The smallest absolute Gasteiger partial charge is 0.323 e. The third-order valence-corrected chi connectivity index (χ3v) is 3.25. The molecule has 1 heterocycles. The molecule has 0 aliphatic rings. The number of hydrogen-bond acceptors (Lipinski definition) is 2. The number of H-pyrrole nitrogens is 1. The van der Waals surface area contributed by atoms with E-state index in [1.807, 2.05) is 55.5 Å². The summed E-state index contributed by atoms with van der Waals surface area (Å²) in [7, 11) is 0. The van der Waals surface area contributed by atoms with E-state index in [9.17, 15) is 4.79 Å². The average Bonchev–Trinajstić information content (AvgIpc) is 2.97. The van der Waals surface area contributed by atoms with Crippen LogP contribution in [0.5, 0.6) is 0 Å². The van der Waals surface area contributed by atoms with Crippen LogP contribution in [0.4, 0.5) is 10.5 Å². The van der Waals surface area contributed by atoms with Crippen LogP contribution < -0.4 is 10.6 Å². The highest BCUT2D eigenvalue weighted by molar-refractivity contribution is 5.92. The topological polar surface area (TPSA) is 69.8 Å². The molecule has 0 saturated heterocycles. The van der Waals surface area contributed by atoms with Crippen LogP contribution in [0, 0.1) is 6.92 Å². The predicted molar refractivity (Wildman–Crippen MR) is 88.5 cm³/mol. The van der Waals surface area contributed by atoms with Crippen molar-refractivity contribution in [1.82, 2.24) is 15.3 Å². The van der Waals surface area contributed by atoms with Crippen molar-refractivity contribution in [2.24, 2.45) is 0 Å². The minimum absolute atomic E-state index is 0.290. The zero-order valence-corrected chi connectivity index (χ0v) is 12.1. The number of nitrogens with zero attached hydrogens (tertiary/aromatic N) is 1. The summed E-state index contributed by atoms with van der Waals surface area (Å²) in [4.78, 5) is 19.0. The highest BCUT2D eigenvalue weighted by Gasteiger charge is 2.01. The molecule has 0 spiro atoms. The largest absolute Gasteiger partial charge is 0.345 e. The van der Waals surface area contributed by atoms with Crippen LogP contribution in [0.25, 0.3) is 17.1 Å². The monoisotopic (exact) mass is 292 g/mol. The molecule has 3 rings (SSSR count). The van der Waals surface area contributed by atoms with Gasteiger partial charge in [-0.2, -0.15) is 0 Å². The van der Waals surface area contributed by atoms with E-state index in [0.717, 1.165) is 16.6 Å². The van der Waals surface area contributed by atoms with Crippen LogP contribution in [0.3, 0.4) is 0 Å². The van der Waals surface area contributed by atoms with Gasteiger partial charge in [0.25, 0.3) is 0 Å². The van der Waals surface area contributed by atoms with E-state index in [-0.39, 0.29) is 6.03 Å². The standard InChI is InChI=1S/C17H16N4O/c1-12-2-4-13(5-3-12)8-9-18-17(22)21-14-6-7-15-16(10-14)20-11-19-15/h2-11H,1H3,(H,19,20)(H2,18,21,22)/b9-8+. The Hall–Kier alpha value is -3.08. The minimum Gasteiger partial charge on any atom is -0.345 e. The Bertz CT molecular complexity index is 818. The fourth-order valence-corrected chi connectivity index (χ4v) is 2.07. The van der Waals surface area contributed by atoms with E-state index in [1.54, 1.807) is 12.5 Å². The number of anilines is 1. The maximum absolute atomic E-state index is 11.8. The molecular formula is C17H16N4O. The third kappa shape index (κ3) is 3.32. The SMILES string of the molecule is Cc1ccc(/C=C/NC(=O)Nc2ccc3nc[nH]c3c2)cc1. The number of hydrogen-bond donors (Lipinski definition) is 3. The lowest BCUT2D eigenvalue weighted by molar-refractivity contribution is 0.255. The maximum Gasteiger partial charge on any atom is 0.323 e. The van der Waals surface area contributed by atoms with Gasteiger partial charge in [-0.25, -0.2) is 9.78 Å². The zero-order chi connectivity index (χ0) is 15.4. The first-order valence-corrected chi connectivity index (χ1v) is 6.94. The summed E-state index contributed by atoms with van der Waals surface area (Å²) < 4.78 is 0. The molecule has 0 unspecified atom stereocenters. The highest BCUT2D eigenvalue weighted by Crippen LogP contribution is 2.15. The van der Waals surface area contributed by atoms with Gasteiger partial charge in [-0.05, 0) is 36.8 Å². The first-order valence-electron chi connectivity index (χ1n) is 6.94. The van der Waals surface area contributed by atoms with Gasteiger partial charge in [-0.1, -0.05) is 29.8 Å². The molecule has 0 saturated carbocycles. The number of aromatic nitrogens is 2.